The molecule has 3 saturated heterocycles. The molecule has 504 valence electrons. The second-order valence-electron chi connectivity index (χ2n) is 26.0. The highest BCUT2D eigenvalue weighted by atomic mass is 35.5. The molecule has 0 radical (unpaired) electrons. The predicted octanol–water partition coefficient (Wildman–Crippen LogP) is 7.61. The first-order valence-corrected chi connectivity index (χ1v) is 33.4. The number of halogens is 1. The summed E-state index contributed by atoms with van der Waals surface area (Å²) in [5.74, 6) is 2.68. The van der Waals surface area contributed by atoms with Crippen LogP contribution < -0.4 is 14.2 Å². The van der Waals surface area contributed by atoms with Crippen molar-refractivity contribution < 1.29 is 89.7 Å². The third-order valence-electron chi connectivity index (χ3n) is 19.2. The van der Waals surface area contributed by atoms with Gasteiger partial charge < -0.3 is 89.7 Å². The maximum absolute atomic E-state index is 10.4. The van der Waals surface area contributed by atoms with E-state index in [1.807, 2.05) is 105 Å². The molecule has 3 aliphatic carbocycles. The van der Waals surface area contributed by atoms with Crippen molar-refractivity contribution in [1.29, 1.82) is 0 Å². The Hall–Kier alpha value is -5.59. The summed E-state index contributed by atoms with van der Waals surface area (Å²) in [4.78, 5) is 0. The summed E-state index contributed by atoms with van der Waals surface area (Å²) < 4.78 is 35.2. The topological polar surface area (TPSA) is 298 Å². The van der Waals surface area contributed by atoms with Gasteiger partial charge in [-0.1, -0.05) is 96.5 Å². The molecule has 0 bridgehead atoms. The summed E-state index contributed by atoms with van der Waals surface area (Å²) >= 11 is 6.42. The van der Waals surface area contributed by atoms with Crippen molar-refractivity contribution in [2.75, 3.05) is 19.8 Å². The number of rotatable bonds is 18. The number of aliphatic hydroxyl groups excluding tert-OH is 12. The Balaban J connectivity index is 0.000000153. The largest absolute Gasteiger partial charge is 0.490 e. The smallest absolute Gasteiger partial charge is 0.119 e. The normalized spacial score (nSPS) is 29.3. The van der Waals surface area contributed by atoms with Gasteiger partial charge in [0, 0.05) is 5.02 Å². The van der Waals surface area contributed by atoms with Crippen LogP contribution in [0.3, 0.4) is 0 Å². The molecule has 3 heterocycles. The van der Waals surface area contributed by atoms with E-state index < -0.39 is 111 Å². The van der Waals surface area contributed by atoms with E-state index in [2.05, 4.69) is 24.3 Å². The molecule has 12 rings (SSSR count). The maximum Gasteiger partial charge on any atom is 0.119 e. The van der Waals surface area contributed by atoms with Gasteiger partial charge in [-0.2, -0.15) is 0 Å². The molecular formula is C74H93ClO18. The summed E-state index contributed by atoms with van der Waals surface area (Å²) in [5, 5.41) is 121. The fraction of sp³-hybridized carbons (Fsp3) is 0.514. The minimum atomic E-state index is -1.41. The summed E-state index contributed by atoms with van der Waals surface area (Å²) in [6, 6.07) is 41.2. The number of hydrogen-bond donors (Lipinski definition) is 12. The third-order valence-corrected chi connectivity index (χ3v) is 19.6. The van der Waals surface area contributed by atoms with Crippen LogP contribution >= 0.6 is 11.6 Å². The lowest BCUT2D eigenvalue weighted by Crippen LogP contribution is -2.55. The standard InChI is InChI=1S/2C25H32O6.C24H29ClO6/c2*1-15-6-9-17(25-24(29)23(28)22(27)21(14-26)31-25)13-18(15)12-16-7-10-20(11-8-16)30-19-4-2-3-5-19;25-19-10-7-15(24-23(29)22(28)21(27)20(13-26)31-24)12-16(19)11-14-5-8-18(9-6-14)30-17-3-1-2-4-17/h2*6-11,13,19,21-29H,2-5,12,14H2,1H3;5-10,12,17,20-24,26-29H,1-4,11,13H2/t2*21-,22-,23+,24-,25+;20-,21-,22+,23-,24+/m111/s1. The van der Waals surface area contributed by atoms with E-state index in [9.17, 15) is 61.3 Å². The molecule has 6 fully saturated rings. The van der Waals surface area contributed by atoms with Crippen molar-refractivity contribution in [3.05, 3.63) is 194 Å². The number of hydrogen-bond acceptors (Lipinski definition) is 18. The van der Waals surface area contributed by atoms with Crippen LogP contribution in [-0.2, 0) is 33.5 Å². The zero-order valence-electron chi connectivity index (χ0n) is 52.9. The Morgan fingerprint density at radius 2 is 0.613 bits per heavy atom. The molecule has 18 nitrogen and oxygen atoms in total. The SMILES string of the molecule is Cc1ccc([C@@H]2O[C@H](CO)[C@@H](O)[C@H](O)[C@H]2O)cc1Cc1ccc(OC2CCCC2)cc1.Cc1ccc([C@@H]2O[C@H](CO)[C@@H](O)[C@H](O)[C@H]2O)cc1Cc1ccc(OC2CCCC2)cc1.OC[C@H]1O[C@@H](c2ccc(Cl)c(Cc3ccc(OC4CCCC4)cc3)c2)[C@H](O)[C@@H](O)[C@@H]1O. The maximum atomic E-state index is 10.4. The minimum Gasteiger partial charge on any atom is -0.490 e. The molecule has 93 heavy (non-hydrogen) atoms. The lowest BCUT2D eigenvalue weighted by molar-refractivity contribution is -0.231. The van der Waals surface area contributed by atoms with E-state index in [0.29, 0.717) is 59.3 Å². The molecule has 0 spiro atoms. The minimum absolute atomic E-state index is 0.315. The molecule has 0 unspecified atom stereocenters. The molecule has 6 aromatic rings. The first kappa shape index (κ1) is 70.2. The average Bonchev–Trinajstić information content (AvgIpc) is 1.23. The second kappa shape index (κ2) is 32.9. The molecular weight excluding hydrogens is 1210 g/mol. The van der Waals surface area contributed by atoms with Gasteiger partial charge in [-0.05, 0) is 214 Å². The van der Waals surface area contributed by atoms with Gasteiger partial charge in [0.05, 0.1) is 38.1 Å². The molecule has 15 atom stereocenters. The van der Waals surface area contributed by atoms with Crippen molar-refractivity contribution in [1.82, 2.24) is 0 Å². The van der Waals surface area contributed by atoms with Gasteiger partial charge in [-0.25, -0.2) is 0 Å². The number of ether oxygens (including phenoxy) is 6. The van der Waals surface area contributed by atoms with Gasteiger partial charge in [0.15, 0.2) is 0 Å². The van der Waals surface area contributed by atoms with Gasteiger partial charge >= 0.3 is 0 Å². The zero-order chi connectivity index (χ0) is 65.9. The summed E-state index contributed by atoms with van der Waals surface area (Å²) in [5.41, 5.74) is 10.6. The molecule has 19 heteroatoms. The molecule has 3 aliphatic heterocycles. The van der Waals surface area contributed by atoms with Crippen LogP contribution in [0.5, 0.6) is 17.2 Å². The quantitative estimate of drug-likeness (QED) is 0.0394. The van der Waals surface area contributed by atoms with Crippen molar-refractivity contribution in [3.63, 3.8) is 0 Å². The van der Waals surface area contributed by atoms with Crippen LogP contribution in [0, 0.1) is 13.8 Å². The van der Waals surface area contributed by atoms with Crippen LogP contribution in [0.2, 0.25) is 5.02 Å². The average molecular weight is 1310 g/mol. The van der Waals surface area contributed by atoms with E-state index in [1.165, 1.54) is 38.5 Å². The predicted molar refractivity (Wildman–Crippen MR) is 348 cm³/mol. The molecule has 12 N–H and O–H groups in total. The molecule has 6 aromatic carbocycles. The fourth-order valence-electron chi connectivity index (χ4n) is 13.5. The van der Waals surface area contributed by atoms with Crippen LogP contribution in [-0.4, -0.2) is 173 Å². The van der Waals surface area contributed by atoms with E-state index >= 15 is 0 Å². The lowest BCUT2D eigenvalue weighted by atomic mass is 9.89. The van der Waals surface area contributed by atoms with Crippen LogP contribution in [0.1, 0.15) is 157 Å². The van der Waals surface area contributed by atoms with Crippen LogP contribution in [0.15, 0.2) is 127 Å². The van der Waals surface area contributed by atoms with Crippen molar-refractivity contribution in [3.8, 4) is 17.2 Å². The van der Waals surface area contributed by atoms with E-state index in [0.717, 1.165) is 100 Å². The summed E-state index contributed by atoms with van der Waals surface area (Å²) in [6.07, 6.45) is -0.291. The first-order chi connectivity index (χ1) is 44.9. The highest BCUT2D eigenvalue weighted by Crippen LogP contribution is 2.38. The monoisotopic (exact) mass is 1300 g/mol. The van der Waals surface area contributed by atoms with Gasteiger partial charge in [0.1, 0.15) is 109 Å². The van der Waals surface area contributed by atoms with Crippen LogP contribution in [0.4, 0.5) is 0 Å². The van der Waals surface area contributed by atoms with E-state index in [-0.39, 0.29) is 0 Å². The number of aliphatic hydroxyl groups is 12. The van der Waals surface area contributed by atoms with Gasteiger partial charge in [0.25, 0.3) is 0 Å². The fourth-order valence-corrected chi connectivity index (χ4v) is 13.7. The molecule has 0 aromatic heterocycles. The molecule has 6 aliphatic rings. The van der Waals surface area contributed by atoms with E-state index in [1.54, 1.807) is 12.1 Å². The Morgan fingerprint density at radius 1 is 0.344 bits per heavy atom. The van der Waals surface area contributed by atoms with Crippen molar-refractivity contribution in [2.24, 2.45) is 0 Å². The zero-order valence-corrected chi connectivity index (χ0v) is 53.7. The van der Waals surface area contributed by atoms with Gasteiger partial charge in [-0.3, -0.25) is 0 Å². The summed E-state index contributed by atoms with van der Waals surface area (Å²) in [6.45, 7) is 2.73. The van der Waals surface area contributed by atoms with Crippen molar-refractivity contribution >= 4 is 11.6 Å². The lowest BCUT2D eigenvalue weighted by Gasteiger charge is -2.40. The van der Waals surface area contributed by atoms with E-state index in [4.69, 9.17) is 40.0 Å². The van der Waals surface area contributed by atoms with Crippen molar-refractivity contribution in [2.45, 2.75) is 220 Å². The Kier molecular flexibility index (Phi) is 24.8. The number of benzene rings is 6. The number of aryl methyl sites for hydroxylation is 2. The second-order valence-corrected chi connectivity index (χ2v) is 26.4. The highest BCUT2D eigenvalue weighted by molar-refractivity contribution is 6.31. The summed E-state index contributed by atoms with van der Waals surface area (Å²) in [7, 11) is 0. The first-order valence-electron chi connectivity index (χ1n) is 33.0. The molecule has 3 saturated carbocycles. The molecule has 0 amide bonds. The Labute approximate surface area is 549 Å². The highest BCUT2D eigenvalue weighted by Gasteiger charge is 2.46. The van der Waals surface area contributed by atoms with Crippen LogP contribution in [0.25, 0.3) is 0 Å². The Morgan fingerprint density at radius 3 is 0.903 bits per heavy atom. The van der Waals surface area contributed by atoms with Gasteiger partial charge in [-0.15, -0.1) is 0 Å². The third kappa shape index (κ3) is 17.7. The van der Waals surface area contributed by atoms with Gasteiger partial charge in [0.2, 0.25) is 0 Å². The Bertz CT molecular complexity index is 2930.